The summed E-state index contributed by atoms with van der Waals surface area (Å²) in [5.74, 6) is -1.04. The van der Waals surface area contributed by atoms with E-state index in [0.717, 1.165) is 5.56 Å². The second-order valence-electron chi connectivity index (χ2n) is 6.98. The summed E-state index contributed by atoms with van der Waals surface area (Å²) >= 11 is 0. The van der Waals surface area contributed by atoms with Crippen molar-refractivity contribution in [2.24, 2.45) is 5.10 Å². The summed E-state index contributed by atoms with van der Waals surface area (Å²) in [6.45, 7) is 1.84. The molecule has 2 N–H and O–H groups in total. The number of sulfonamides is 1. The van der Waals surface area contributed by atoms with E-state index in [9.17, 15) is 17.6 Å². The molecule has 0 saturated carbocycles. The van der Waals surface area contributed by atoms with Crippen molar-refractivity contribution in [1.82, 2.24) is 4.83 Å². The molecular formula is C23H18FN3O4S. The zero-order valence-corrected chi connectivity index (χ0v) is 17.7. The fourth-order valence-electron chi connectivity index (χ4n) is 2.92. The van der Waals surface area contributed by atoms with Crippen LogP contribution in [0.4, 0.5) is 10.1 Å². The van der Waals surface area contributed by atoms with Crippen LogP contribution in [0.2, 0.25) is 0 Å². The third-order valence-electron chi connectivity index (χ3n) is 4.60. The van der Waals surface area contributed by atoms with Crippen molar-refractivity contribution < 1.29 is 22.0 Å². The molecular weight excluding hydrogens is 433 g/mol. The van der Waals surface area contributed by atoms with Crippen LogP contribution in [0.3, 0.4) is 0 Å². The number of fused-ring (bicyclic) bond motifs is 1. The van der Waals surface area contributed by atoms with Crippen LogP contribution in [0.1, 0.15) is 15.9 Å². The number of halogens is 1. The van der Waals surface area contributed by atoms with Crippen molar-refractivity contribution in [3.8, 4) is 0 Å². The molecule has 0 saturated heterocycles. The highest BCUT2D eigenvalue weighted by Crippen LogP contribution is 2.15. The van der Waals surface area contributed by atoms with Gasteiger partial charge in [-0.15, -0.1) is 5.10 Å². The largest absolute Gasteiger partial charge is 0.436 e. The van der Waals surface area contributed by atoms with Gasteiger partial charge >= 0.3 is 0 Å². The van der Waals surface area contributed by atoms with Crippen LogP contribution in [0.5, 0.6) is 0 Å². The SMILES string of the molecule is Cc1ccc(S(=O)(=O)N/N=c2\oc3ccccc3cc2C(=O)Nc2ccc(F)cc2)cc1. The van der Waals surface area contributed by atoms with Crippen LogP contribution in [-0.4, -0.2) is 14.3 Å². The maximum absolute atomic E-state index is 13.2. The van der Waals surface area contributed by atoms with Crippen molar-refractivity contribution in [3.63, 3.8) is 0 Å². The second-order valence-corrected chi connectivity index (χ2v) is 8.64. The number of nitrogens with one attached hydrogen (secondary N) is 2. The fourth-order valence-corrected chi connectivity index (χ4v) is 3.72. The number of nitrogens with zero attached hydrogens (tertiary/aromatic N) is 1. The number of rotatable bonds is 5. The van der Waals surface area contributed by atoms with E-state index in [-0.39, 0.29) is 16.0 Å². The Kier molecular flexibility index (Phi) is 5.74. The van der Waals surface area contributed by atoms with Gasteiger partial charge in [0.25, 0.3) is 15.9 Å². The molecule has 4 aromatic rings. The third kappa shape index (κ3) is 4.68. The Morgan fingerprint density at radius 1 is 0.969 bits per heavy atom. The van der Waals surface area contributed by atoms with Crippen LogP contribution >= 0.6 is 0 Å². The van der Waals surface area contributed by atoms with Gasteiger partial charge in [0.15, 0.2) is 0 Å². The molecule has 0 fully saturated rings. The molecule has 0 bridgehead atoms. The molecule has 7 nitrogen and oxygen atoms in total. The van der Waals surface area contributed by atoms with Gasteiger partial charge in [-0.1, -0.05) is 35.9 Å². The smallest absolute Gasteiger partial charge is 0.276 e. The van der Waals surface area contributed by atoms with Crippen molar-refractivity contribution in [3.05, 3.63) is 101 Å². The molecule has 0 aliphatic heterocycles. The Balaban J connectivity index is 1.74. The minimum Gasteiger partial charge on any atom is -0.436 e. The minimum absolute atomic E-state index is 0.000342. The molecule has 0 unspecified atom stereocenters. The van der Waals surface area contributed by atoms with Crippen LogP contribution in [0.15, 0.2) is 93.3 Å². The van der Waals surface area contributed by atoms with E-state index in [1.165, 1.54) is 42.5 Å². The maximum atomic E-state index is 13.2. The van der Waals surface area contributed by atoms with E-state index in [2.05, 4.69) is 15.2 Å². The zero-order valence-electron chi connectivity index (χ0n) is 16.9. The highest BCUT2D eigenvalue weighted by atomic mass is 32.2. The summed E-state index contributed by atoms with van der Waals surface area (Å²) in [5.41, 5.74) is 1.46. The molecule has 1 heterocycles. The number of amides is 1. The zero-order chi connectivity index (χ0) is 22.7. The average Bonchev–Trinajstić information content (AvgIpc) is 2.79. The van der Waals surface area contributed by atoms with Crippen LogP contribution < -0.4 is 15.7 Å². The molecule has 162 valence electrons. The molecule has 4 rings (SSSR count). The topological polar surface area (TPSA) is 101 Å². The van der Waals surface area contributed by atoms with Gasteiger partial charge in [-0.25, -0.2) is 4.39 Å². The molecule has 9 heteroatoms. The van der Waals surface area contributed by atoms with E-state index in [1.807, 2.05) is 6.92 Å². The summed E-state index contributed by atoms with van der Waals surface area (Å²) in [6, 6.07) is 19.9. The Morgan fingerprint density at radius 3 is 2.38 bits per heavy atom. The van der Waals surface area contributed by atoms with Gasteiger partial charge in [0.2, 0.25) is 5.55 Å². The monoisotopic (exact) mass is 451 g/mol. The lowest BCUT2D eigenvalue weighted by molar-refractivity contribution is 0.102. The van der Waals surface area contributed by atoms with Gasteiger partial charge in [0.1, 0.15) is 17.0 Å². The van der Waals surface area contributed by atoms with Gasteiger partial charge in [0, 0.05) is 11.1 Å². The summed E-state index contributed by atoms with van der Waals surface area (Å²) in [5, 5.41) is 7.12. The van der Waals surface area contributed by atoms with Gasteiger partial charge in [-0.2, -0.15) is 13.2 Å². The second kappa shape index (κ2) is 8.64. The molecule has 32 heavy (non-hydrogen) atoms. The number of benzene rings is 3. The Bertz CT molecular complexity index is 1460. The van der Waals surface area contributed by atoms with Crippen LogP contribution in [-0.2, 0) is 10.0 Å². The molecule has 1 aromatic heterocycles. The maximum Gasteiger partial charge on any atom is 0.276 e. The highest BCUT2D eigenvalue weighted by Gasteiger charge is 2.16. The predicted molar refractivity (Wildman–Crippen MR) is 118 cm³/mol. The van der Waals surface area contributed by atoms with Gasteiger partial charge in [-0.05, 0) is 55.5 Å². The molecule has 1 amide bonds. The quantitative estimate of drug-likeness (QED) is 0.449. The summed E-state index contributed by atoms with van der Waals surface area (Å²) in [7, 11) is -3.98. The molecule has 0 radical (unpaired) electrons. The molecule has 0 spiro atoms. The van der Waals surface area contributed by atoms with E-state index in [4.69, 9.17) is 4.42 Å². The number of hydrogen-bond donors (Lipinski definition) is 2. The molecule has 3 aromatic carbocycles. The number of carbonyl (C=O) groups excluding carboxylic acids is 1. The van der Waals surface area contributed by atoms with Crippen molar-refractivity contribution in [2.45, 2.75) is 11.8 Å². The average molecular weight is 451 g/mol. The van der Waals surface area contributed by atoms with Crippen LogP contribution in [0, 0.1) is 12.7 Å². The normalized spacial score (nSPS) is 12.0. The number of hydrogen-bond acceptors (Lipinski definition) is 5. The Labute approximate surface area is 183 Å². The first-order chi connectivity index (χ1) is 15.3. The van der Waals surface area contributed by atoms with Crippen molar-refractivity contribution in [1.29, 1.82) is 0 Å². The first-order valence-electron chi connectivity index (χ1n) is 9.54. The lowest BCUT2D eigenvalue weighted by Crippen LogP contribution is -2.27. The van der Waals surface area contributed by atoms with E-state index < -0.39 is 21.7 Å². The first kappa shape index (κ1) is 21.3. The highest BCUT2D eigenvalue weighted by molar-refractivity contribution is 7.89. The Hall–Kier alpha value is -3.98. The first-order valence-corrected chi connectivity index (χ1v) is 11.0. The van der Waals surface area contributed by atoms with Crippen molar-refractivity contribution >= 4 is 32.6 Å². The van der Waals surface area contributed by atoms with E-state index in [1.54, 1.807) is 36.4 Å². The number of anilines is 1. The lowest BCUT2D eigenvalue weighted by Gasteiger charge is -2.08. The van der Waals surface area contributed by atoms with Gasteiger partial charge in [0.05, 0.1) is 4.90 Å². The summed E-state index contributed by atoms with van der Waals surface area (Å²) in [4.78, 5) is 15.0. The predicted octanol–water partition coefficient (Wildman–Crippen LogP) is 3.93. The fraction of sp³-hybridized carbons (Fsp3) is 0.0435. The Morgan fingerprint density at radius 2 is 1.66 bits per heavy atom. The standard InChI is InChI=1S/C23H18FN3O4S/c1-15-6-12-19(13-7-15)32(29,30)27-26-23-20(14-16-4-2-3-5-21(16)31-23)22(28)25-18-10-8-17(24)9-11-18/h2-14,27H,1H3,(H,25,28)/b26-23-. The molecule has 0 aliphatic rings. The lowest BCUT2D eigenvalue weighted by atomic mass is 10.1. The molecule has 0 aliphatic carbocycles. The third-order valence-corrected chi connectivity index (χ3v) is 5.83. The summed E-state index contributed by atoms with van der Waals surface area (Å²) < 4.78 is 44.1. The van der Waals surface area contributed by atoms with E-state index in [0.29, 0.717) is 16.7 Å². The number of aryl methyl sites for hydroxylation is 1. The molecule has 0 atom stereocenters. The van der Waals surface area contributed by atoms with Crippen LogP contribution in [0.25, 0.3) is 11.0 Å². The minimum atomic E-state index is -3.98. The van der Waals surface area contributed by atoms with Gasteiger partial charge in [-0.3, -0.25) is 4.79 Å². The number of para-hydroxylation sites is 1. The number of carbonyl (C=O) groups is 1. The van der Waals surface area contributed by atoms with Gasteiger partial charge < -0.3 is 9.73 Å². The van der Waals surface area contributed by atoms with Crippen molar-refractivity contribution in [2.75, 3.05) is 5.32 Å². The summed E-state index contributed by atoms with van der Waals surface area (Å²) in [6.07, 6.45) is 0. The van der Waals surface area contributed by atoms with E-state index >= 15 is 0 Å².